The molecule has 3 aromatic rings. The number of benzene rings is 1. The Kier molecular flexibility index (Phi) is 5.48. The Labute approximate surface area is 152 Å². The number of hydrogen-bond donors (Lipinski definition) is 0. The zero-order valence-electron chi connectivity index (χ0n) is 15.3. The summed E-state index contributed by atoms with van der Waals surface area (Å²) in [7, 11) is 3.27. The van der Waals surface area contributed by atoms with Gasteiger partial charge in [-0.3, -0.25) is 4.57 Å². The monoisotopic (exact) mass is 354 g/mol. The van der Waals surface area contributed by atoms with Crippen molar-refractivity contribution in [1.29, 1.82) is 0 Å². The van der Waals surface area contributed by atoms with Gasteiger partial charge in [-0.15, -0.1) is 10.2 Å². The lowest BCUT2D eigenvalue weighted by atomic mass is 10.2. The Balaban J connectivity index is 2.01. The lowest BCUT2D eigenvalue weighted by Crippen LogP contribution is -2.06. The highest BCUT2D eigenvalue weighted by Crippen LogP contribution is 2.25. The van der Waals surface area contributed by atoms with Gasteiger partial charge in [-0.05, 0) is 50.2 Å². The van der Waals surface area contributed by atoms with E-state index >= 15 is 0 Å². The van der Waals surface area contributed by atoms with E-state index in [9.17, 15) is 0 Å². The summed E-state index contributed by atoms with van der Waals surface area (Å²) in [4.78, 5) is 4.48. The van der Waals surface area contributed by atoms with E-state index < -0.39 is 0 Å². The molecule has 0 spiro atoms. The van der Waals surface area contributed by atoms with Crippen LogP contribution < -0.4 is 9.47 Å². The summed E-state index contributed by atoms with van der Waals surface area (Å²) in [6.45, 7) is 4.30. The molecule has 0 N–H and O–H groups in total. The zero-order chi connectivity index (χ0) is 18.5. The quantitative estimate of drug-likeness (QED) is 0.648. The number of pyridine rings is 1. The van der Waals surface area contributed by atoms with E-state index in [4.69, 9.17) is 14.2 Å². The minimum absolute atomic E-state index is 0.0962. The number of methoxy groups -OCH3 is 2. The largest absolute Gasteiger partial charge is 0.497 e. The van der Waals surface area contributed by atoms with E-state index in [0.29, 0.717) is 23.9 Å². The van der Waals surface area contributed by atoms with Gasteiger partial charge in [-0.25, -0.2) is 4.98 Å². The minimum atomic E-state index is 0.0962. The third kappa shape index (κ3) is 3.83. The van der Waals surface area contributed by atoms with E-state index in [0.717, 1.165) is 17.2 Å². The van der Waals surface area contributed by atoms with Crippen molar-refractivity contribution < 1.29 is 14.2 Å². The second-order valence-electron chi connectivity index (χ2n) is 5.95. The highest BCUT2D eigenvalue weighted by molar-refractivity contribution is 5.55. The molecule has 7 heteroatoms. The minimum Gasteiger partial charge on any atom is -0.497 e. The van der Waals surface area contributed by atoms with Crippen molar-refractivity contribution in [3.05, 3.63) is 48.4 Å². The van der Waals surface area contributed by atoms with Crippen molar-refractivity contribution in [1.82, 2.24) is 19.7 Å². The van der Waals surface area contributed by atoms with Crippen LogP contribution in [0.3, 0.4) is 0 Å². The summed E-state index contributed by atoms with van der Waals surface area (Å²) in [5, 5.41) is 8.57. The van der Waals surface area contributed by atoms with Crippen molar-refractivity contribution in [2.75, 3.05) is 14.2 Å². The Bertz CT molecular complexity index is 842. The molecule has 0 aliphatic heterocycles. The molecule has 0 aliphatic rings. The fraction of sp³-hybridized carbons (Fsp3) is 0.316. The van der Waals surface area contributed by atoms with Crippen LogP contribution in [0.1, 0.15) is 19.7 Å². The van der Waals surface area contributed by atoms with Crippen LogP contribution in [-0.2, 0) is 11.3 Å². The summed E-state index contributed by atoms with van der Waals surface area (Å²) in [5.74, 6) is 2.83. The number of aromatic nitrogens is 4. The van der Waals surface area contributed by atoms with Gasteiger partial charge in [0, 0.05) is 12.8 Å². The molecule has 2 heterocycles. The van der Waals surface area contributed by atoms with Gasteiger partial charge in [-0.1, -0.05) is 0 Å². The number of hydrogen-bond acceptors (Lipinski definition) is 6. The van der Waals surface area contributed by atoms with Gasteiger partial charge in [-0.2, -0.15) is 0 Å². The van der Waals surface area contributed by atoms with Gasteiger partial charge in [0.15, 0.2) is 11.6 Å². The normalized spacial score (nSPS) is 11.0. The van der Waals surface area contributed by atoms with Crippen molar-refractivity contribution >= 4 is 0 Å². The maximum atomic E-state index is 5.65. The highest BCUT2D eigenvalue weighted by Gasteiger charge is 2.17. The second-order valence-corrected chi connectivity index (χ2v) is 5.95. The fourth-order valence-electron chi connectivity index (χ4n) is 2.56. The Morgan fingerprint density at radius 3 is 2.27 bits per heavy atom. The first-order valence-electron chi connectivity index (χ1n) is 8.33. The average molecular weight is 354 g/mol. The Morgan fingerprint density at radius 2 is 1.69 bits per heavy atom. The molecule has 26 heavy (non-hydrogen) atoms. The van der Waals surface area contributed by atoms with Crippen LogP contribution in [-0.4, -0.2) is 40.1 Å². The van der Waals surface area contributed by atoms with Crippen molar-refractivity contribution in [3.8, 4) is 28.7 Å². The molecule has 0 bridgehead atoms. The maximum absolute atomic E-state index is 5.65. The van der Waals surface area contributed by atoms with Crippen molar-refractivity contribution in [2.24, 2.45) is 0 Å². The SMILES string of the molecule is COCc1nnc(-c2ccc(OC(C)C)cn2)n1-c1ccc(OC)cc1. The van der Waals surface area contributed by atoms with Gasteiger partial charge in [0.05, 0.1) is 19.4 Å². The van der Waals surface area contributed by atoms with Crippen LogP contribution >= 0.6 is 0 Å². The van der Waals surface area contributed by atoms with E-state index in [2.05, 4.69) is 15.2 Å². The Hall–Kier alpha value is -2.93. The van der Waals surface area contributed by atoms with Crippen LogP contribution in [0.15, 0.2) is 42.6 Å². The van der Waals surface area contributed by atoms with Crippen LogP contribution in [0, 0.1) is 0 Å². The summed E-state index contributed by atoms with van der Waals surface area (Å²) >= 11 is 0. The first-order chi connectivity index (χ1) is 12.6. The molecule has 0 aliphatic carbocycles. The molecular formula is C19H22N4O3. The summed E-state index contributed by atoms with van der Waals surface area (Å²) in [6.07, 6.45) is 1.79. The number of nitrogens with zero attached hydrogens (tertiary/aromatic N) is 4. The summed E-state index contributed by atoms with van der Waals surface area (Å²) < 4.78 is 18.1. The predicted molar refractivity (Wildman–Crippen MR) is 97.6 cm³/mol. The molecule has 0 unspecified atom stereocenters. The van der Waals surface area contributed by atoms with Crippen LogP contribution in [0.4, 0.5) is 0 Å². The lowest BCUT2D eigenvalue weighted by molar-refractivity contribution is 0.176. The molecule has 0 fully saturated rings. The van der Waals surface area contributed by atoms with Crippen LogP contribution in [0.5, 0.6) is 11.5 Å². The van der Waals surface area contributed by atoms with Gasteiger partial charge in [0.25, 0.3) is 0 Å². The van der Waals surface area contributed by atoms with Gasteiger partial charge in [0.1, 0.15) is 23.8 Å². The molecule has 3 rings (SSSR count). The Morgan fingerprint density at radius 1 is 0.962 bits per heavy atom. The van der Waals surface area contributed by atoms with Crippen molar-refractivity contribution in [3.63, 3.8) is 0 Å². The van der Waals surface area contributed by atoms with E-state index in [1.165, 1.54) is 0 Å². The summed E-state index contributed by atoms with van der Waals surface area (Å²) in [6, 6.07) is 11.4. The van der Waals surface area contributed by atoms with Crippen LogP contribution in [0.2, 0.25) is 0 Å². The fourth-order valence-corrected chi connectivity index (χ4v) is 2.56. The zero-order valence-corrected chi connectivity index (χ0v) is 15.3. The van der Waals surface area contributed by atoms with Gasteiger partial charge >= 0.3 is 0 Å². The summed E-state index contributed by atoms with van der Waals surface area (Å²) in [5.41, 5.74) is 1.61. The molecule has 1 aromatic carbocycles. The van der Waals surface area contributed by atoms with Gasteiger partial charge in [0.2, 0.25) is 0 Å². The first kappa shape index (κ1) is 17.9. The van der Waals surface area contributed by atoms with E-state index in [1.54, 1.807) is 20.4 Å². The third-order valence-electron chi connectivity index (χ3n) is 3.67. The topological polar surface area (TPSA) is 71.3 Å². The predicted octanol–water partition coefficient (Wildman–Crippen LogP) is 3.27. The molecule has 0 saturated carbocycles. The van der Waals surface area contributed by atoms with E-state index in [-0.39, 0.29) is 6.10 Å². The standard InChI is InChI=1S/C19H22N4O3/c1-13(2)26-16-9-10-17(20-11-16)19-22-21-18(12-24-3)23(19)14-5-7-15(25-4)8-6-14/h5-11,13H,12H2,1-4H3. The van der Waals surface area contributed by atoms with Gasteiger partial charge < -0.3 is 14.2 Å². The second kappa shape index (κ2) is 7.97. The molecule has 0 atom stereocenters. The maximum Gasteiger partial charge on any atom is 0.187 e. The lowest BCUT2D eigenvalue weighted by Gasteiger charge is -2.12. The smallest absolute Gasteiger partial charge is 0.187 e. The number of ether oxygens (including phenoxy) is 3. The van der Waals surface area contributed by atoms with Crippen LogP contribution in [0.25, 0.3) is 17.2 Å². The highest BCUT2D eigenvalue weighted by atomic mass is 16.5. The first-order valence-corrected chi connectivity index (χ1v) is 8.33. The third-order valence-corrected chi connectivity index (χ3v) is 3.67. The molecule has 2 aromatic heterocycles. The number of rotatable bonds is 7. The average Bonchev–Trinajstić information content (AvgIpc) is 3.06. The van der Waals surface area contributed by atoms with E-state index in [1.807, 2.05) is 54.8 Å². The van der Waals surface area contributed by atoms with Crippen molar-refractivity contribution in [2.45, 2.75) is 26.6 Å². The molecule has 136 valence electrons. The molecule has 0 amide bonds. The molecule has 0 saturated heterocycles. The molecule has 7 nitrogen and oxygen atoms in total. The molecular weight excluding hydrogens is 332 g/mol. The molecule has 0 radical (unpaired) electrons.